The summed E-state index contributed by atoms with van der Waals surface area (Å²) in [5.41, 5.74) is 2.26. The van der Waals surface area contributed by atoms with Crippen LogP contribution >= 0.6 is 0 Å². The molecule has 3 fully saturated rings. The normalized spacial score (nSPS) is 23.5. The summed E-state index contributed by atoms with van der Waals surface area (Å²) in [6.45, 7) is 0.775. The summed E-state index contributed by atoms with van der Waals surface area (Å²) < 4.78 is 64.2. The van der Waals surface area contributed by atoms with E-state index >= 15 is 0 Å². The molecule has 220 valence electrons. The number of amides is 2. The summed E-state index contributed by atoms with van der Waals surface area (Å²) in [6, 6.07) is 4.31. The van der Waals surface area contributed by atoms with E-state index in [1.54, 1.807) is 13.0 Å². The number of rotatable bonds is 9. The lowest BCUT2D eigenvalue weighted by Gasteiger charge is -2.34. The van der Waals surface area contributed by atoms with Crippen molar-refractivity contribution in [1.82, 2.24) is 30.9 Å². The summed E-state index contributed by atoms with van der Waals surface area (Å²) in [7, 11) is 0. The van der Waals surface area contributed by atoms with Gasteiger partial charge in [0.05, 0.1) is 23.2 Å². The predicted molar refractivity (Wildman–Crippen MR) is 135 cm³/mol. The number of carbonyl (C=O) groups is 2. The maximum atomic E-state index is 13.8. The number of H-pyrrole nitrogens is 1. The summed E-state index contributed by atoms with van der Waals surface area (Å²) in [6.07, 6.45) is 0.223. The standard InChI is InChI=1S/C27H30F4N6O4/c1-13-21(37-41-36-13)25(39)35-23(19-6-7-26(28,29)12-40-19)24-32-17-5-4-16(9-18(17)33-24)22(15-2-3-15)34-20(38)8-14-10-27(30,31)11-14/h4-5,9,14-15,19,22-23H,2-3,6-8,10-12H2,1H3,(H,32,33)(H,34,38)(H,35,39)/t19-,22?,23-/m0/s1. The Morgan fingerprint density at radius 3 is 2.49 bits per heavy atom. The zero-order valence-electron chi connectivity index (χ0n) is 22.3. The van der Waals surface area contributed by atoms with Crippen LogP contribution < -0.4 is 10.6 Å². The summed E-state index contributed by atoms with van der Waals surface area (Å²) in [4.78, 5) is 33.5. The molecular formula is C27H30F4N6O4. The molecule has 1 saturated heterocycles. The highest BCUT2D eigenvalue weighted by Crippen LogP contribution is 2.45. The Labute approximate surface area is 231 Å². The van der Waals surface area contributed by atoms with E-state index in [1.165, 1.54) is 0 Å². The summed E-state index contributed by atoms with van der Waals surface area (Å²) in [5, 5.41) is 13.1. The van der Waals surface area contributed by atoms with Gasteiger partial charge in [0.15, 0.2) is 5.69 Å². The van der Waals surface area contributed by atoms with E-state index in [4.69, 9.17) is 4.74 Å². The molecule has 2 amide bonds. The zero-order chi connectivity index (χ0) is 28.9. The van der Waals surface area contributed by atoms with Gasteiger partial charge in [0.25, 0.3) is 11.8 Å². The highest BCUT2D eigenvalue weighted by atomic mass is 19.3. The summed E-state index contributed by atoms with van der Waals surface area (Å²) >= 11 is 0. The van der Waals surface area contributed by atoms with Crippen LogP contribution in [-0.2, 0) is 9.53 Å². The molecule has 2 saturated carbocycles. The maximum absolute atomic E-state index is 13.8. The van der Waals surface area contributed by atoms with Crippen molar-refractivity contribution >= 4 is 22.8 Å². The van der Waals surface area contributed by atoms with E-state index in [-0.39, 0.29) is 60.9 Å². The first-order chi connectivity index (χ1) is 19.5. The van der Waals surface area contributed by atoms with E-state index in [9.17, 15) is 27.2 Å². The predicted octanol–water partition coefficient (Wildman–Crippen LogP) is 4.54. The third kappa shape index (κ3) is 6.07. The number of alkyl halides is 4. The van der Waals surface area contributed by atoms with Crippen LogP contribution in [0.5, 0.6) is 0 Å². The third-order valence-electron chi connectivity index (χ3n) is 8.07. The highest BCUT2D eigenvalue weighted by molar-refractivity contribution is 5.93. The molecule has 3 heterocycles. The molecule has 3 aromatic rings. The molecular weight excluding hydrogens is 548 g/mol. The van der Waals surface area contributed by atoms with Crippen LogP contribution in [0.2, 0.25) is 0 Å². The average molecular weight is 579 g/mol. The molecule has 2 aliphatic carbocycles. The van der Waals surface area contributed by atoms with Gasteiger partial charge in [-0.3, -0.25) is 9.59 Å². The number of imidazole rings is 1. The van der Waals surface area contributed by atoms with Crippen molar-refractivity contribution in [2.75, 3.05) is 6.61 Å². The number of fused-ring (bicyclic) bond motifs is 1. The molecule has 0 spiro atoms. The Hall–Kier alpha value is -3.55. The lowest BCUT2D eigenvalue weighted by molar-refractivity contribution is -0.151. The topological polar surface area (TPSA) is 135 Å². The van der Waals surface area contributed by atoms with E-state index in [0.717, 1.165) is 18.4 Å². The zero-order valence-corrected chi connectivity index (χ0v) is 22.3. The molecule has 0 bridgehead atoms. The van der Waals surface area contributed by atoms with Crippen molar-refractivity contribution < 1.29 is 36.5 Å². The van der Waals surface area contributed by atoms with Gasteiger partial charge in [0.2, 0.25) is 11.8 Å². The van der Waals surface area contributed by atoms with Crippen LogP contribution in [0, 0.1) is 18.8 Å². The Kier molecular flexibility index (Phi) is 6.99. The van der Waals surface area contributed by atoms with Crippen LogP contribution in [0.25, 0.3) is 11.0 Å². The lowest BCUT2D eigenvalue weighted by Crippen LogP contribution is -2.44. The van der Waals surface area contributed by atoms with Gasteiger partial charge in [-0.05, 0) is 60.9 Å². The van der Waals surface area contributed by atoms with Gasteiger partial charge in [-0.15, -0.1) is 0 Å². The van der Waals surface area contributed by atoms with Gasteiger partial charge in [-0.1, -0.05) is 11.2 Å². The van der Waals surface area contributed by atoms with Crippen molar-refractivity contribution in [2.45, 2.75) is 81.9 Å². The Morgan fingerprint density at radius 2 is 1.85 bits per heavy atom. The SMILES string of the molecule is Cc1nonc1C(=O)N[C@H](c1nc2ccc(C(NC(=O)CC3CC(F)(F)C3)C3CC3)cc2[nH]1)[C@@H]1CCC(F)(F)CO1. The molecule has 3 atom stereocenters. The second kappa shape index (κ2) is 10.4. The van der Waals surface area contributed by atoms with E-state index in [2.05, 4.69) is 35.5 Å². The number of ether oxygens (including phenoxy) is 1. The van der Waals surface area contributed by atoms with Gasteiger partial charge in [-0.2, -0.15) is 0 Å². The van der Waals surface area contributed by atoms with Crippen molar-refractivity contribution in [1.29, 1.82) is 0 Å². The number of hydrogen-bond acceptors (Lipinski definition) is 7. The molecule has 1 aliphatic heterocycles. The smallest absolute Gasteiger partial charge is 0.276 e. The molecule has 3 aliphatic rings. The fraction of sp³-hybridized carbons (Fsp3) is 0.593. The van der Waals surface area contributed by atoms with Crippen LogP contribution in [-0.4, -0.2) is 56.7 Å². The van der Waals surface area contributed by atoms with Crippen molar-refractivity contribution in [3.05, 3.63) is 41.0 Å². The van der Waals surface area contributed by atoms with Gasteiger partial charge >= 0.3 is 0 Å². The maximum Gasteiger partial charge on any atom is 0.276 e. The fourth-order valence-electron chi connectivity index (χ4n) is 5.70. The number of aryl methyl sites for hydroxylation is 1. The highest BCUT2D eigenvalue weighted by Gasteiger charge is 2.46. The minimum atomic E-state index is -2.96. The number of halogens is 4. The molecule has 14 heteroatoms. The summed E-state index contributed by atoms with van der Waals surface area (Å²) in [5.74, 6) is -6.25. The lowest BCUT2D eigenvalue weighted by atomic mass is 9.79. The van der Waals surface area contributed by atoms with E-state index in [1.807, 2.05) is 12.1 Å². The first-order valence-electron chi connectivity index (χ1n) is 13.7. The van der Waals surface area contributed by atoms with Gasteiger partial charge in [0.1, 0.15) is 24.2 Å². The monoisotopic (exact) mass is 578 g/mol. The number of aromatic amines is 1. The number of nitrogens with zero attached hydrogens (tertiary/aromatic N) is 3. The van der Waals surface area contributed by atoms with Gasteiger partial charge in [-0.25, -0.2) is 27.2 Å². The minimum Gasteiger partial charge on any atom is -0.369 e. The molecule has 1 aromatic carbocycles. The minimum absolute atomic E-state index is 0.0149. The van der Waals surface area contributed by atoms with Crippen LogP contribution in [0.4, 0.5) is 17.6 Å². The van der Waals surface area contributed by atoms with Crippen LogP contribution in [0.15, 0.2) is 22.8 Å². The second-order valence-corrected chi connectivity index (χ2v) is 11.5. The van der Waals surface area contributed by atoms with Crippen LogP contribution in [0.1, 0.15) is 84.6 Å². The number of carbonyl (C=O) groups excluding carboxylic acids is 2. The first-order valence-corrected chi connectivity index (χ1v) is 13.7. The number of aromatic nitrogens is 4. The molecule has 6 rings (SSSR count). The van der Waals surface area contributed by atoms with Crippen molar-refractivity contribution in [3.8, 4) is 0 Å². The van der Waals surface area contributed by atoms with E-state index < -0.39 is 42.9 Å². The first kappa shape index (κ1) is 27.6. The molecule has 2 aromatic heterocycles. The quantitative estimate of drug-likeness (QED) is 0.317. The average Bonchev–Trinajstić information content (AvgIpc) is 3.50. The number of benzene rings is 1. The second-order valence-electron chi connectivity index (χ2n) is 11.5. The molecule has 10 nitrogen and oxygen atoms in total. The molecule has 1 unspecified atom stereocenters. The third-order valence-corrected chi connectivity index (χ3v) is 8.07. The van der Waals surface area contributed by atoms with Crippen molar-refractivity contribution in [2.24, 2.45) is 11.8 Å². The Balaban J connectivity index is 1.23. The van der Waals surface area contributed by atoms with Gasteiger partial charge < -0.3 is 20.4 Å². The van der Waals surface area contributed by atoms with Crippen LogP contribution in [0.3, 0.4) is 0 Å². The number of hydrogen-bond donors (Lipinski definition) is 3. The largest absolute Gasteiger partial charge is 0.369 e. The molecule has 41 heavy (non-hydrogen) atoms. The Morgan fingerprint density at radius 1 is 1.07 bits per heavy atom. The molecule has 3 N–H and O–H groups in total. The van der Waals surface area contributed by atoms with E-state index in [0.29, 0.717) is 16.9 Å². The van der Waals surface area contributed by atoms with Crippen molar-refractivity contribution in [3.63, 3.8) is 0 Å². The fourth-order valence-corrected chi connectivity index (χ4v) is 5.70. The number of nitrogens with one attached hydrogen (secondary N) is 3. The van der Waals surface area contributed by atoms with Gasteiger partial charge in [0, 0.05) is 25.7 Å². The Bertz CT molecular complexity index is 1440. The molecule has 0 radical (unpaired) electrons.